The predicted octanol–water partition coefficient (Wildman–Crippen LogP) is 2.74. The van der Waals surface area contributed by atoms with Crippen LogP contribution in [0.5, 0.6) is 0 Å². The van der Waals surface area contributed by atoms with Gasteiger partial charge in [0.15, 0.2) is 0 Å². The second-order valence-corrected chi connectivity index (χ2v) is 7.73. The predicted molar refractivity (Wildman–Crippen MR) is 114 cm³/mol. The average Bonchev–Trinajstić information content (AvgIpc) is 2.73. The molecule has 1 saturated heterocycles. The number of anilines is 2. The van der Waals surface area contributed by atoms with Crippen LogP contribution in [0.2, 0.25) is 0 Å². The third-order valence-electron chi connectivity index (χ3n) is 5.53. The number of rotatable bonds is 8. The molecule has 7 nitrogen and oxygen atoms in total. The lowest BCUT2D eigenvalue weighted by Crippen LogP contribution is -2.44. The molecule has 2 aromatic rings. The molecule has 28 heavy (non-hydrogen) atoms. The first-order chi connectivity index (χ1) is 13.6. The first kappa shape index (κ1) is 20.5. The molecule has 1 aliphatic heterocycles. The molecule has 3 heterocycles. The molecule has 3 rings (SSSR count). The Kier molecular flexibility index (Phi) is 7.14. The van der Waals surface area contributed by atoms with Gasteiger partial charge in [0, 0.05) is 39.3 Å². The Morgan fingerprint density at radius 1 is 1.00 bits per heavy atom. The van der Waals surface area contributed by atoms with Crippen molar-refractivity contribution >= 4 is 11.6 Å². The van der Waals surface area contributed by atoms with E-state index in [-0.39, 0.29) is 0 Å². The Balaban J connectivity index is 1.49. The van der Waals surface area contributed by atoms with E-state index in [1.807, 2.05) is 31.7 Å². The van der Waals surface area contributed by atoms with Gasteiger partial charge in [-0.25, -0.2) is 9.97 Å². The molecule has 0 N–H and O–H groups in total. The van der Waals surface area contributed by atoms with Gasteiger partial charge in [0.25, 0.3) is 0 Å². The lowest BCUT2D eigenvalue weighted by Gasteiger charge is -2.33. The summed E-state index contributed by atoms with van der Waals surface area (Å²) in [6.07, 6.45) is 9.77. The van der Waals surface area contributed by atoms with Crippen molar-refractivity contribution in [2.75, 3.05) is 56.1 Å². The number of likely N-dealkylation sites (N-methyl/N-ethyl adjacent to an activating group) is 1. The fourth-order valence-electron chi connectivity index (χ4n) is 3.50. The molecule has 1 unspecified atom stereocenters. The van der Waals surface area contributed by atoms with Gasteiger partial charge in [-0.15, -0.1) is 0 Å². The van der Waals surface area contributed by atoms with Crippen LogP contribution in [0.3, 0.4) is 0 Å². The van der Waals surface area contributed by atoms with Crippen LogP contribution in [-0.2, 0) is 0 Å². The number of hydrogen-bond donors (Lipinski definition) is 0. The summed E-state index contributed by atoms with van der Waals surface area (Å²) in [6.45, 7) is 12.5. The zero-order valence-corrected chi connectivity index (χ0v) is 17.7. The highest BCUT2D eigenvalue weighted by Gasteiger charge is 2.16. The van der Waals surface area contributed by atoms with Gasteiger partial charge in [0.2, 0.25) is 0 Å². The highest BCUT2D eigenvalue weighted by atomic mass is 15.3. The zero-order valence-electron chi connectivity index (χ0n) is 17.7. The Labute approximate surface area is 168 Å². The van der Waals surface area contributed by atoms with E-state index in [9.17, 15) is 0 Å². The Hall–Kier alpha value is -2.28. The van der Waals surface area contributed by atoms with E-state index in [0.29, 0.717) is 5.92 Å². The molecule has 0 aliphatic carbocycles. The SMILES string of the molecule is CCN(CCCC(C)c1cnc(N2CCN(C)CC2)cn1)c1cnc(C)cn1. The van der Waals surface area contributed by atoms with Crippen molar-refractivity contribution in [1.82, 2.24) is 24.8 Å². The van der Waals surface area contributed by atoms with Gasteiger partial charge >= 0.3 is 0 Å². The summed E-state index contributed by atoms with van der Waals surface area (Å²) in [5.74, 6) is 2.35. The largest absolute Gasteiger partial charge is 0.356 e. The second-order valence-electron chi connectivity index (χ2n) is 7.73. The Morgan fingerprint density at radius 2 is 1.79 bits per heavy atom. The van der Waals surface area contributed by atoms with Crippen molar-refractivity contribution in [3.63, 3.8) is 0 Å². The van der Waals surface area contributed by atoms with Crippen LogP contribution < -0.4 is 9.80 Å². The highest BCUT2D eigenvalue weighted by Crippen LogP contribution is 2.21. The summed E-state index contributed by atoms with van der Waals surface area (Å²) in [6, 6.07) is 0. The van der Waals surface area contributed by atoms with Crippen LogP contribution in [0.15, 0.2) is 24.8 Å². The lowest BCUT2D eigenvalue weighted by molar-refractivity contribution is 0.312. The molecule has 1 atom stereocenters. The third kappa shape index (κ3) is 5.38. The van der Waals surface area contributed by atoms with Crippen molar-refractivity contribution in [2.24, 2.45) is 0 Å². The molecule has 0 saturated carbocycles. The van der Waals surface area contributed by atoms with Gasteiger partial charge in [0.05, 0.1) is 36.2 Å². The van der Waals surface area contributed by atoms with Crippen LogP contribution in [-0.4, -0.2) is 71.2 Å². The van der Waals surface area contributed by atoms with Gasteiger partial charge in [0.1, 0.15) is 11.6 Å². The van der Waals surface area contributed by atoms with Crippen molar-refractivity contribution in [1.29, 1.82) is 0 Å². The monoisotopic (exact) mass is 383 g/mol. The standard InChI is InChI=1S/C21H33N7/c1-5-27(20-15-22-18(3)13-24-20)8-6-7-17(2)19-14-25-21(16-23-19)28-11-9-26(4)10-12-28/h13-17H,5-12H2,1-4H3. The number of hydrogen-bond acceptors (Lipinski definition) is 7. The molecular formula is C21H33N7. The van der Waals surface area contributed by atoms with E-state index < -0.39 is 0 Å². The van der Waals surface area contributed by atoms with Crippen molar-refractivity contribution in [3.8, 4) is 0 Å². The number of nitrogens with zero attached hydrogens (tertiary/aromatic N) is 7. The number of aromatic nitrogens is 4. The van der Waals surface area contributed by atoms with Gasteiger partial charge in [-0.05, 0) is 39.7 Å². The first-order valence-electron chi connectivity index (χ1n) is 10.4. The van der Waals surface area contributed by atoms with E-state index in [0.717, 1.165) is 75.1 Å². The van der Waals surface area contributed by atoms with Gasteiger partial charge in [-0.3, -0.25) is 9.97 Å². The second kappa shape index (κ2) is 9.78. The molecule has 0 spiro atoms. The minimum atomic E-state index is 0.400. The molecule has 7 heteroatoms. The van der Waals surface area contributed by atoms with E-state index >= 15 is 0 Å². The average molecular weight is 384 g/mol. The molecule has 1 aliphatic rings. The van der Waals surface area contributed by atoms with E-state index in [4.69, 9.17) is 4.98 Å². The summed E-state index contributed by atoms with van der Waals surface area (Å²) < 4.78 is 0. The molecule has 1 fully saturated rings. The minimum absolute atomic E-state index is 0.400. The fourth-order valence-corrected chi connectivity index (χ4v) is 3.50. The van der Waals surface area contributed by atoms with E-state index in [2.05, 4.69) is 50.5 Å². The molecule has 152 valence electrons. The minimum Gasteiger partial charge on any atom is -0.356 e. The van der Waals surface area contributed by atoms with Crippen LogP contribution in [0.4, 0.5) is 11.6 Å². The normalized spacial score (nSPS) is 16.2. The first-order valence-corrected chi connectivity index (χ1v) is 10.4. The van der Waals surface area contributed by atoms with Crippen molar-refractivity contribution < 1.29 is 0 Å². The summed E-state index contributed by atoms with van der Waals surface area (Å²) >= 11 is 0. The molecule has 0 aromatic carbocycles. The molecule has 2 aromatic heterocycles. The maximum Gasteiger partial charge on any atom is 0.147 e. The van der Waals surface area contributed by atoms with Gasteiger partial charge in [-0.2, -0.15) is 0 Å². The van der Waals surface area contributed by atoms with Gasteiger partial charge in [-0.1, -0.05) is 6.92 Å². The maximum absolute atomic E-state index is 4.70. The van der Waals surface area contributed by atoms with Gasteiger partial charge < -0.3 is 14.7 Å². The molecular weight excluding hydrogens is 350 g/mol. The van der Waals surface area contributed by atoms with Crippen LogP contribution in [0.25, 0.3) is 0 Å². The Morgan fingerprint density at radius 3 is 2.39 bits per heavy atom. The van der Waals surface area contributed by atoms with Crippen molar-refractivity contribution in [3.05, 3.63) is 36.2 Å². The van der Waals surface area contributed by atoms with Crippen LogP contribution in [0.1, 0.15) is 44.0 Å². The third-order valence-corrected chi connectivity index (χ3v) is 5.53. The lowest BCUT2D eigenvalue weighted by atomic mass is 10.0. The Bertz CT molecular complexity index is 709. The summed E-state index contributed by atoms with van der Waals surface area (Å²) in [7, 11) is 2.17. The fraction of sp³-hybridized carbons (Fsp3) is 0.619. The maximum atomic E-state index is 4.70. The van der Waals surface area contributed by atoms with E-state index in [1.165, 1.54) is 0 Å². The zero-order chi connectivity index (χ0) is 19.9. The number of piperazine rings is 1. The van der Waals surface area contributed by atoms with Crippen LogP contribution >= 0.6 is 0 Å². The number of aryl methyl sites for hydroxylation is 1. The van der Waals surface area contributed by atoms with E-state index in [1.54, 1.807) is 0 Å². The van der Waals surface area contributed by atoms with Crippen LogP contribution in [0, 0.1) is 6.92 Å². The molecule has 0 bridgehead atoms. The summed E-state index contributed by atoms with van der Waals surface area (Å²) in [5.41, 5.74) is 2.03. The topological polar surface area (TPSA) is 61.3 Å². The summed E-state index contributed by atoms with van der Waals surface area (Å²) in [5, 5.41) is 0. The highest BCUT2D eigenvalue weighted by molar-refractivity contribution is 5.37. The smallest absolute Gasteiger partial charge is 0.147 e. The molecule has 0 radical (unpaired) electrons. The molecule has 0 amide bonds. The quantitative estimate of drug-likeness (QED) is 0.694. The summed E-state index contributed by atoms with van der Waals surface area (Å²) in [4.78, 5) is 25.2. The van der Waals surface area contributed by atoms with Crippen molar-refractivity contribution in [2.45, 2.75) is 39.5 Å².